The van der Waals surface area contributed by atoms with Crippen molar-refractivity contribution in [2.45, 2.75) is 6.92 Å². The van der Waals surface area contributed by atoms with Gasteiger partial charge in [-0.25, -0.2) is 8.78 Å². The Kier molecular flexibility index (Phi) is 4.70. The molecular formula is C19H17F2NO3. The van der Waals surface area contributed by atoms with Crippen molar-refractivity contribution in [3.8, 4) is 5.75 Å². The Balaban J connectivity index is 1.68. The lowest BCUT2D eigenvalue weighted by molar-refractivity contribution is 0.0743. The number of hydrogen-bond donors (Lipinski definition) is 0. The van der Waals surface area contributed by atoms with Gasteiger partial charge in [0.25, 0.3) is 5.91 Å². The number of rotatable bonds is 5. The summed E-state index contributed by atoms with van der Waals surface area (Å²) in [5.74, 6) is -0.882. The zero-order valence-electron chi connectivity index (χ0n) is 13.9. The summed E-state index contributed by atoms with van der Waals surface area (Å²) in [6, 6.07) is 10.2. The number of ether oxygens (including phenoxy) is 1. The third kappa shape index (κ3) is 3.47. The third-order valence-corrected chi connectivity index (χ3v) is 3.96. The van der Waals surface area contributed by atoms with E-state index in [1.807, 2.05) is 0 Å². The summed E-state index contributed by atoms with van der Waals surface area (Å²) in [5, 5.41) is 0.569. The normalized spacial score (nSPS) is 10.9. The summed E-state index contributed by atoms with van der Waals surface area (Å²) >= 11 is 0. The third-order valence-electron chi connectivity index (χ3n) is 3.96. The van der Waals surface area contributed by atoms with Crippen molar-refractivity contribution in [2.75, 3.05) is 20.2 Å². The second kappa shape index (κ2) is 6.93. The molecule has 0 aliphatic heterocycles. The minimum Gasteiger partial charge on any atom is -0.489 e. The number of likely N-dealkylation sites (N-methyl/N-ethyl adjacent to an activating group) is 1. The molecule has 0 aliphatic carbocycles. The van der Waals surface area contributed by atoms with Gasteiger partial charge in [-0.3, -0.25) is 4.79 Å². The standard InChI is InChI=1S/C19H17F2NO3/c1-12-14-11-13(20)7-8-16(14)25-18(12)19(23)22(2)9-10-24-17-6-4-3-5-15(17)21/h3-8,11H,9-10H2,1-2H3. The summed E-state index contributed by atoms with van der Waals surface area (Å²) < 4.78 is 37.8. The molecule has 0 N–H and O–H groups in total. The van der Waals surface area contributed by atoms with Crippen LogP contribution < -0.4 is 4.74 Å². The van der Waals surface area contributed by atoms with Gasteiger partial charge < -0.3 is 14.1 Å². The van der Waals surface area contributed by atoms with Crippen LogP contribution in [0.4, 0.5) is 8.78 Å². The zero-order chi connectivity index (χ0) is 18.0. The molecule has 0 spiro atoms. The SMILES string of the molecule is Cc1c(C(=O)N(C)CCOc2ccccc2F)oc2ccc(F)cc12. The maximum Gasteiger partial charge on any atom is 0.289 e. The first-order valence-electron chi connectivity index (χ1n) is 7.79. The van der Waals surface area contributed by atoms with Gasteiger partial charge in [0.15, 0.2) is 17.3 Å². The van der Waals surface area contributed by atoms with Crippen LogP contribution in [-0.4, -0.2) is 31.0 Å². The molecule has 0 bridgehead atoms. The highest BCUT2D eigenvalue weighted by atomic mass is 19.1. The highest BCUT2D eigenvalue weighted by molar-refractivity contribution is 5.98. The Morgan fingerprint density at radius 3 is 2.72 bits per heavy atom. The summed E-state index contributed by atoms with van der Waals surface area (Å²) in [7, 11) is 1.60. The molecule has 3 aromatic rings. The van der Waals surface area contributed by atoms with Gasteiger partial charge in [0.05, 0.1) is 6.54 Å². The molecule has 0 aliphatic rings. The lowest BCUT2D eigenvalue weighted by Gasteiger charge is -2.16. The number of halogens is 2. The van der Waals surface area contributed by atoms with Crippen LogP contribution in [0.5, 0.6) is 5.75 Å². The first-order valence-corrected chi connectivity index (χ1v) is 7.79. The van der Waals surface area contributed by atoms with E-state index < -0.39 is 5.82 Å². The first kappa shape index (κ1) is 17.0. The predicted molar refractivity (Wildman–Crippen MR) is 89.8 cm³/mol. The van der Waals surface area contributed by atoms with Crippen molar-refractivity contribution in [2.24, 2.45) is 0 Å². The van der Waals surface area contributed by atoms with Gasteiger partial charge >= 0.3 is 0 Å². The number of furan rings is 1. The minimum atomic E-state index is -0.452. The highest BCUT2D eigenvalue weighted by Crippen LogP contribution is 2.26. The van der Waals surface area contributed by atoms with E-state index in [9.17, 15) is 13.6 Å². The van der Waals surface area contributed by atoms with E-state index >= 15 is 0 Å². The molecule has 0 atom stereocenters. The number of carbonyl (C=O) groups is 1. The molecule has 130 valence electrons. The molecule has 0 saturated heterocycles. The maximum absolute atomic E-state index is 13.5. The molecule has 0 saturated carbocycles. The molecule has 2 aromatic carbocycles. The monoisotopic (exact) mass is 345 g/mol. The van der Waals surface area contributed by atoms with E-state index in [2.05, 4.69) is 0 Å². The van der Waals surface area contributed by atoms with Gasteiger partial charge in [0.2, 0.25) is 0 Å². The van der Waals surface area contributed by atoms with Crippen LogP contribution in [-0.2, 0) is 0 Å². The predicted octanol–water partition coefficient (Wildman–Crippen LogP) is 4.17. The molecule has 4 nitrogen and oxygen atoms in total. The summed E-state index contributed by atoms with van der Waals surface area (Å²) in [5.41, 5.74) is 1.04. The fraction of sp³-hybridized carbons (Fsp3) is 0.211. The van der Waals surface area contributed by atoms with Crippen LogP contribution in [0, 0.1) is 18.6 Å². The van der Waals surface area contributed by atoms with Crippen LogP contribution in [0.2, 0.25) is 0 Å². The number of carbonyl (C=O) groups excluding carboxylic acids is 1. The lowest BCUT2D eigenvalue weighted by atomic mass is 10.1. The number of aryl methyl sites for hydroxylation is 1. The average molecular weight is 345 g/mol. The van der Waals surface area contributed by atoms with E-state index in [4.69, 9.17) is 9.15 Å². The fourth-order valence-corrected chi connectivity index (χ4v) is 2.53. The van der Waals surface area contributed by atoms with Crippen molar-refractivity contribution < 1.29 is 22.7 Å². The van der Waals surface area contributed by atoms with Gasteiger partial charge in [-0.1, -0.05) is 12.1 Å². The quantitative estimate of drug-likeness (QED) is 0.697. The van der Waals surface area contributed by atoms with Gasteiger partial charge in [0.1, 0.15) is 18.0 Å². The molecule has 1 aromatic heterocycles. The summed E-state index contributed by atoms with van der Waals surface area (Å²) in [4.78, 5) is 14.0. The van der Waals surface area contributed by atoms with Crippen LogP contribution in [0.1, 0.15) is 16.1 Å². The topological polar surface area (TPSA) is 42.7 Å². The number of para-hydroxylation sites is 1. The molecule has 0 radical (unpaired) electrons. The number of hydrogen-bond acceptors (Lipinski definition) is 3. The van der Waals surface area contributed by atoms with Crippen LogP contribution >= 0.6 is 0 Å². The van der Waals surface area contributed by atoms with E-state index in [0.717, 1.165) is 0 Å². The molecular weight excluding hydrogens is 328 g/mol. The second-order valence-corrected chi connectivity index (χ2v) is 5.70. The van der Waals surface area contributed by atoms with Gasteiger partial charge in [-0.2, -0.15) is 0 Å². The van der Waals surface area contributed by atoms with Crippen molar-refractivity contribution in [3.05, 3.63) is 65.4 Å². The van der Waals surface area contributed by atoms with Crippen molar-refractivity contribution in [1.29, 1.82) is 0 Å². The summed E-state index contributed by atoms with van der Waals surface area (Å²) in [6.07, 6.45) is 0. The number of nitrogens with zero attached hydrogens (tertiary/aromatic N) is 1. The van der Waals surface area contributed by atoms with E-state index in [-0.39, 0.29) is 36.4 Å². The molecule has 1 amide bonds. The highest BCUT2D eigenvalue weighted by Gasteiger charge is 2.21. The molecule has 3 rings (SSSR count). The Bertz CT molecular complexity index is 920. The van der Waals surface area contributed by atoms with E-state index in [1.54, 1.807) is 26.1 Å². The van der Waals surface area contributed by atoms with Gasteiger partial charge in [-0.15, -0.1) is 0 Å². The lowest BCUT2D eigenvalue weighted by Crippen LogP contribution is -2.31. The summed E-state index contributed by atoms with van der Waals surface area (Å²) in [6.45, 7) is 2.09. The Labute approximate surface area is 143 Å². The minimum absolute atomic E-state index is 0.136. The molecule has 1 heterocycles. The average Bonchev–Trinajstić information content (AvgIpc) is 2.92. The van der Waals surface area contributed by atoms with Gasteiger partial charge in [0, 0.05) is 18.0 Å². The first-order chi connectivity index (χ1) is 12.0. The van der Waals surface area contributed by atoms with Crippen molar-refractivity contribution >= 4 is 16.9 Å². The van der Waals surface area contributed by atoms with Crippen LogP contribution in [0.25, 0.3) is 11.0 Å². The second-order valence-electron chi connectivity index (χ2n) is 5.70. The fourth-order valence-electron chi connectivity index (χ4n) is 2.53. The smallest absolute Gasteiger partial charge is 0.289 e. The molecule has 25 heavy (non-hydrogen) atoms. The van der Waals surface area contributed by atoms with Crippen LogP contribution in [0.3, 0.4) is 0 Å². The van der Waals surface area contributed by atoms with E-state index in [0.29, 0.717) is 16.5 Å². The Morgan fingerprint density at radius 2 is 1.96 bits per heavy atom. The van der Waals surface area contributed by atoms with E-state index in [1.165, 1.54) is 35.2 Å². The molecule has 6 heteroatoms. The van der Waals surface area contributed by atoms with Gasteiger partial charge in [-0.05, 0) is 37.3 Å². The zero-order valence-corrected chi connectivity index (χ0v) is 13.9. The van der Waals surface area contributed by atoms with Crippen LogP contribution in [0.15, 0.2) is 46.9 Å². The largest absolute Gasteiger partial charge is 0.489 e. The van der Waals surface area contributed by atoms with Crippen molar-refractivity contribution in [3.63, 3.8) is 0 Å². The molecule has 0 unspecified atom stereocenters. The number of fused-ring (bicyclic) bond motifs is 1. The molecule has 0 fully saturated rings. The maximum atomic E-state index is 13.5. The van der Waals surface area contributed by atoms with Crippen molar-refractivity contribution in [1.82, 2.24) is 4.90 Å². The number of benzene rings is 2. The Hall–Kier alpha value is -2.89. The Morgan fingerprint density at radius 1 is 1.20 bits per heavy atom. The number of amides is 1.